The molecule has 0 saturated carbocycles. The second kappa shape index (κ2) is 8.34. The summed E-state index contributed by atoms with van der Waals surface area (Å²) in [5.41, 5.74) is 0.160. The number of likely N-dealkylation sites (N-methyl/N-ethyl adjacent to an activating group) is 1. The first-order valence-corrected chi connectivity index (χ1v) is 10.3. The lowest BCUT2D eigenvalue weighted by Gasteiger charge is -2.33. The predicted octanol–water partition coefficient (Wildman–Crippen LogP) is 2.54. The largest absolute Gasteiger partial charge is 0.322 e. The summed E-state index contributed by atoms with van der Waals surface area (Å²) in [5, 5.41) is 2.50. The highest BCUT2D eigenvalue weighted by atomic mass is 32.2. The minimum absolute atomic E-state index is 0.132. The smallest absolute Gasteiger partial charge is 0.255 e. The molecule has 1 heterocycles. The lowest BCUT2D eigenvalue weighted by molar-refractivity contribution is 0.102. The van der Waals surface area contributed by atoms with Gasteiger partial charge in [-0.3, -0.25) is 4.79 Å². The summed E-state index contributed by atoms with van der Waals surface area (Å²) < 4.78 is 53.4. The molecule has 0 unspecified atom stereocenters. The molecule has 3 rings (SSSR count). The Morgan fingerprint density at radius 3 is 2.11 bits per heavy atom. The van der Waals surface area contributed by atoms with Gasteiger partial charge >= 0.3 is 0 Å². The zero-order chi connectivity index (χ0) is 20.3. The van der Waals surface area contributed by atoms with Crippen LogP contribution in [0.1, 0.15) is 17.3 Å². The molecule has 0 bridgehead atoms. The second-order valence-electron chi connectivity index (χ2n) is 6.47. The Morgan fingerprint density at radius 1 is 1.00 bits per heavy atom. The van der Waals surface area contributed by atoms with Crippen molar-refractivity contribution in [3.8, 4) is 0 Å². The number of hydrogen-bond acceptors (Lipinski definition) is 4. The lowest BCUT2D eigenvalue weighted by atomic mass is 10.2. The highest BCUT2D eigenvalue weighted by molar-refractivity contribution is 7.89. The molecule has 1 saturated heterocycles. The molecular formula is C19H21F2N3O3S. The van der Waals surface area contributed by atoms with Gasteiger partial charge in [-0.15, -0.1) is 0 Å². The van der Waals surface area contributed by atoms with E-state index in [1.165, 1.54) is 28.6 Å². The van der Waals surface area contributed by atoms with Gasteiger partial charge in [0.05, 0.1) is 4.90 Å². The average molecular weight is 409 g/mol. The van der Waals surface area contributed by atoms with E-state index in [0.29, 0.717) is 37.9 Å². The molecular weight excluding hydrogens is 388 g/mol. The maximum absolute atomic E-state index is 13.2. The number of sulfonamides is 1. The van der Waals surface area contributed by atoms with Gasteiger partial charge in [0.2, 0.25) is 10.0 Å². The van der Waals surface area contributed by atoms with Crippen LogP contribution in [0.3, 0.4) is 0 Å². The van der Waals surface area contributed by atoms with E-state index in [0.717, 1.165) is 18.7 Å². The van der Waals surface area contributed by atoms with E-state index >= 15 is 0 Å². The zero-order valence-electron chi connectivity index (χ0n) is 15.4. The summed E-state index contributed by atoms with van der Waals surface area (Å²) in [6, 6.07) is 8.23. The highest BCUT2D eigenvalue weighted by Gasteiger charge is 2.27. The normalized spacial score (nSPS) is 16.1. The third-order valence-corrected chi connectivity index (χ3v) is 6.57. The molecule has 1 fully saturated rings. The van der Waals surface area contributed by atoms with Crippen molar-refractivity contribution >= 4 is 21.6 Å². The van der Waals surface area contributed by atoms with Crippen LogP contribution in [0.5, 0.6) is 0 Å². The predicted molar refractivity (Wildman–Crippen MR) is 102 cm³/mol. The van der Waals surface area contributed by atoms with Gasteiger partial charge in [0.1, 0.15) is 11.6 Å². The van der Waals surface area contributed by atoms with Gasteiger partial charge in [-0.25, -0.2) is 17.2 Å². The molecule has 150 valence electrons. The molecule has 1 N–H and O–H groups in total. The fourth-order valence-electron chi connectivity index (χ4n) is 3.03. The fourth-order valence-corrected chi connectivity index (χ4v) is 4.46. The summed E-state index contributed by atoms with van der Waals surface area (Å²) >= 11 is 0. The number of amides is 1. The highest BCUT2D eigenvalue weighted by Crippen LogP contribution is 2.20. The van der Waals surface area contributed by atoms with Gasteiger partial charge in [-0.1, -0.05) is 6.92 Å². The van der Waals surface area contributed by atoms with Crippen LogP contribution in [0, 0.1) is 11.6 Å². The van der Waals surface area contributed by atoms with Crippen molar-refractivity contribution in [3.05, 3.63) is 59.7 Å². The Kier molecular flexibility index (Phi) is 6.07. The van der Waals surface area contributed by atoms with E-state index in [2.05, 4.69) is 10.2 Å². The maximum Gasteiger partial charge on any atom is 0.255 e. The number of nitrogens with one attached hydrogen (secondary N) is 1. The van der Waals surface area contributed by atoms with Crippen LogP contribution >= 0.6 is 0 Å². The molecule has 2 aromatic carbocycles. The molecule has 9 heteroatoms. The van der Waals surface area contributed by atoms with E-state index in [-0.39, 0.29) is 10.5 Å². The number of benzene rings is 2. The summed E-state index contributed by atoms with van der Waals surface area (Å²) in [7, 11) is -3.61. The van der Waals surface area contributed by atoms with Crippen LogP contribution < -0.4 is 5.32 Å². The average Bonchev–Trinajstić information content (AvgIpc) is 2.67. The molecule has 6 nitrogen and oxygen atoms in total. The number of anilines is 1. The van der Waals surface area contributed by atoms with E-state index in [4.69, 9.17) is 0 Å². The summed E-state index contributed by atoms with van der Waals surface area (Å²) in [5.74, 6) is -2.39. The number of piperazine rings is 1. The van der Waals surface area contributed by atoms with Crippen LogP contribution in [0.15, 0.2) is 47.4 Å². The zero-order valence-corrected chi connectivity index (χ0v) is 16.2. The van der Waals surface area contributed by atoms with E-state index < -0.39 is 27.6 Å². The molecule has 0 aliphatic carbocycles. The number of nitrogens with zero attached hydrogens (tertiary/aromatic N) is 2. The SMILES string of the molecule is CCN1CCN(S(=O)(=O)c2ccc(NC(=O)c3cc(F)cc(F)c3)cc2)CC1. The molecule has 0 radical (unpaired) electrons. The summed E-state index contributed by atoms with van der Waals surface area (Å²) in [6.45, 7) is 5.16. The second-order valence-corrected chi connectivity index (χ2v) is 8.41. The minimum Gasteiger partial charge on any atom is -0.322 e. The van der Waals surface area contributed by atoms with Gasteiger partial charge in [0.25, 0.3) is 5.91 Å². The van der Waals surface area contributed by atoms with Crippen molar-refractivity contribution in [2.24, 2.45) is 0 Å². The number of hydrogen-bond donors (Lipinski definition) is 1. The summed E-state index contributed by atoms with van der Waals surface area (Å²) in [6.07, 6.45) is 0. The van der Waals surface area contributed by atoms with Gasteiger partial charge in [-0.05, 0) is 42.9 Å². The van der Waals surface area contributed by atoms with Crippen molar-refractivity contribution in [1.82, 2.24) is 9.21 Å². The number of carbonyl (C=O) groups is 1. The van der Waals surface area contributed by atoms with Crippen molar-refractivity contribution in [2.75, 3.05) is 38.0 Å². The monoisotopic (exact) mass is 409 g/mol. The van der Waals surface area contributed by atoms with E-state index in [9.17, 15) is 22.0 Å². The first kappa shape index (κ1) is 20.4. The van der Waals surface area contributed by atoms with Crippen LogP contribution in [0.4, 0.5) is 14.5 Å². The molecule has 0 spiro atoms. The maximum atomic E-state index is 13.2. The third-order valence-electron chi connectivity index (χ3n) is 4.65. The Hall–Kier alpha value is -2.36. The molecule has 28 heavy (non-hydrogen) atoms. The van der Waals surface area contributed by atoms with Crippen molar-refractivity contribution in [2.45, 2.75) is 11.8 Å². The van der Waals surface area contributed by atoms with Crippen molar-refractivity contribution in [1.29, 1.82) is 0 Å². The number of rotatable bonds is 5. The van der Waals surface area contributed by atoms with Crippen LogP contribution in [0.25, 0.3) is 0 Å². The molecule has 1 amide bonds. The number of halogens is 2. The van der Waals surface area contributed by atoms with Gasteiger partial charge in [0.15, 0.2) is 0 Å². The molecule has 2 aromatic rings. The van der Waals surface area contributed by atoms with Crippen LogP contribution in [-0.2, 0) is 10.0 Å². The van der Waals surface area contributed by atoms with Gasteiger partial charge in [0, 0.05) is 43.5 Å². The lowest BCUT2D eigenvalue weighted by Crippen LogP contribution is -2.48. The third kappa shape index (κ3) is 4.54. The molecule has 0 aromatic heterocycles. The first-order chi connectivity index (χ1) is 13.3. The summed E-state index contributed by atoms with van der Waals surface area (Å²) in [4.78, 5) is 14.4. The Labute approximate surface area is 162 Å². The van der Waals surface area contributed by atoms with Gasteiger partial charge in [-0.2, -0.15) is 4.31 Å². The van der Waals surface area contributed by atoms with Crippen molar-refractivity contribution < 1.29 is 22.0 Å². The number of carbonyl (C=O) groups excluding carboxylic acids is 1. The topological polar surface area (TPSA) is 69.7 Å². The fraction of sp³-hybridized carbons (Fsp3) is 0.316. The van der Waals surface area contributed by atoms with E-state index in [1.807, 2.05) is 6.92 Å². The van der Waals surface area contributed by atoms with Crippen molar-refractivity contribution in [3.63, 3.8) is 0 Å². The molecule has 0 atom stereocenters. The molecule has 1 aliphatic heterocycles. The van der Waals surface area contributed by atoms with Crippen LogP contribution in [-0.4, -0.2) is 56.3 Å². The molecule has 1 aliphatic rings. The standard InChI is InChI=1S/C19H21F2N3O3S/c1-2-23-7-9-24(10-8-23)28(26,27)18-5-3-17(4-6-18)22-19(25)14-11-15(20)13-16(21)12-14/h3-6,11-13H,2,7-10H2,1H3,(H,22,25). The Bertz CT molecular complexity index is 937. The first-order valence-electron chi connectivity index (χ1n) is 8.89. The van der Waals surface area contributed by atoms with Gasteiger partial charge < -0.3 is 10.2 Å². The quantitative estimate of drug-likeness (QED) is 0.824. The Morgan fingerprint density at radius 2 is 1.57 bits per heavy atom. The van der Waals surface area contributed by atoms with Crippen LogP contribution in [0.2, 0.25) is 0 Å². The minimum atomic E-state index is -3.61. The van der Waals surface area contributed by atoms with E-state index in [1.54, 1.807) is 0 Å². The Balaban J connectivity index is 1.70.